The van der Waals surface area contributed by atoms with Crippen molar-refractivity contribution in [3.63, 3.8) is 0 Å². The molecule has 0 aromatic heterocycles. The predicted octanol–water partition coefficient (Wildman–Crippen LogP) is 0.403. The van der Waals surface area contributed by atoms with Gasteiger partial charge in [-0.3, -0.25) is 0 Å². The van der Waals surface area contributed by atoms with Crippen LogP contribution in [0, 0.1) is 0 Å². The summed E-state index contributed by atoms with van der Waals surface area (Å²) in [6.07, 6.45) is 11.1. The third-order valence-corrected chi connectivity index (χ3v) is 19.3. The second-order valence-electron chi connectivity index (χ2n) is 9.14. The molecule has 1 nitrogen and oxygen atoms in total. The van der Waals surface area contributed by atoms with E-state index in [9.17, 15) is 0 Å². The molecule has 1 aromatic rings. The van der Waals surface area contributed by atoms with E-state index in [0.717, 1.165) is 6.42 Å². The van der Waals surface area contributed by atoms with Crippen LogP contribution < -0.4 is 24.8 Å². The summed E-state index contributed by atoms with van der Waals surface area (Å²) in [5.41, 5.74) is 2.99. The second-order valence-corrected chi connectivity index (χ2v) is 25.4. The molecule has 2 aliphatic rings. The Morgan fingerprint density at radius 1 is 1.04 bits per heavy atom. The van der Waals surface area contributed by atoms with Crippen molar-refractivity contribution in [3.8, 4) is 0 Å². The zero-order valence-corrected chi connectivity index (χ0v) is 24.0. The normalized spacial score (nSPS) is 17.6. The first-order valence-electron chi connectivity index (χ1n) is 9.65. The number of benzene rings is 1. The Hall–Kier alpha value is 0.167. The summed E-state index contributed by atoms with van der Waals surface area (Å²) in [6.45, 7) is 16.5. The van der Waals surface area contributed by atoms with E-state index in [1.807, 2.05) is 0 Å². The van der Waals surface area contributed by atoms with E-state index in [1.54, 1.807) is 12.1 Å². The quantitative estimate of drug-likeness (QED) is 0.501. The first-order valence-corrected chi connectivity index (χ1v) is 19.8. The van der Waals surface area contributed by atoms with Crippen LogP contribution in [-0.2, 0) is 25.4 Å². The summed E-state index contributed by atoms with van der Waals surface area (Å²) in [5, 5.41) is 1.53. The molecule has 0 radical (unpaired) electrons. The van der Waals surface area contributed by atoms with E-state index in [2.05, 4.69) is 95.2 Å². The minimum absolute atomic E-state index is 0. The first-order chi connectivity index (χ1) is 12.1. The summed E-state index contributed by atoms with van der Waals surface area (Å²) < 4.78 is 10.8. The summed E-state index contributed by atoms with van der Waals surface area (Å²) >= 11 is -1.90. The number of hydrogen-bond acceptors (Lipinski definition) is 1. The summed E-state index contributed by atoms with van der Waals surface area (Å²) in [6, 6.07) is 8.98. The monoisotopic (exact) mass is 528 g/mol. The van der Waals surface area contributed by atoms with Gasteiger partial charge in [0.05, 0.1) is 0 Å². The molecule has 0 spiro atoms. The van der Waals surface area contributed by atoms with Crippen molar-refractivity contribution in [3.05, 3.63) is 62.1 Å². The number of halogens is 2. The Morgan fingerprint density at radius 2 is 1.68 bits per heavy atom. The Morgan fingerprint density at radius 3 is 2.29 bits per heavy atom. The van der Waals surface area contributed by atoms with E-state index in [0.29, 0.717) is 3.63 Å². The van der Waals surface area contributed by atoms with Gasteiger partial charge in [0.1, 0.15) is 0 Å². The smallest absolute Gasteiger partial charge is 1.00 e. The van der Waals surface area contributed by atoms with E-state index in [4.69, 9.17) is 4.12 Å². The minimum atomic E-state index is -1.90. The number of allylic oxidation sites excluding steroid dienone is 5. The molecule has 28 heavy (non-hydrogen) atoms. The molecule has 152 valence electrons. The van der Waals surface area contributed by atoms with Gasteiger partial charge in [-0.25, -0.2) is 0 Å². The zero-order chi connectivity index (χ0) is 19.1. The van der Waals surface area contributed by atoms with Crippen molar-refractivity contribution in [2.45, 2.75) is 56.6 Å². The van der Waals surface area contributed by atoms with Gasteiger partial charge in [0.25, 0.3) is 0 Å². The number of hydrogen-bond donors (Lipinski definition) is 0. The van der Waals surface area contributed by atoms with Crippen LogP contribution in [0.25, 0.3) is 6.08 Å². The second kappa shape index (κ2) is 9.98. The fraction of sp³-hybridized carbons (Fsp3) is 0.409. The van der Waals surface area contributed by atoms with Crippen LogP contribution in [0.5, 0.6) is 0 Å². The molecule has 0 saturated heterocycles. The van der Waals surface area contributed by atoms with Gasteiger partial charge in [0.2, 0.25) is 0 Å². The van der Waals surface area contributed by atoms with Crippen molar-refractivity contribution in [2.24, 2.45) is 0 Å². The van der Waals surface area contributed by atoms with Crippen LogP contribution in [0.2, 0.25) is 32.7 Å². The molecule has 1 aromatic carbocycles. The van der Waals surface area contributed by atoms with Crippen molar-refractivity contribution >= 4 is 25.9 Å². The van der Waals surface area contributed by atoms with Gasteiger partial charge in [0.15, 0.2) is 0 Å². The van der Waals surface area contributed by atoms with Crippen molar-refractivity contribution in [2.75, 3.05) is 0 Å². The third kappa shape index (κ3) is 5.86. The largest absolute Gasteiger partial charge is 1.00 e. The average Bonchev–Trinajstić information content (AvgIpc) is 3.13. The SMILES string of the molecule is C[C](C)=[Zr+2]([C]1=CC([Si](C)(C)O[Si](C)(C)C)=CC1)[CH]1C=Cc2ccccc21.[Cl-].[Cl-]. The van der Waals surface area contributed by atoms with Crippen molar-refractivity contribution < 1.29 is 50.2 Å². The maximum absolute atomic E-state index is 6.65. The first kappa shape index (κ1) is 26.2. The topological polar surface area (TPSA) is 9.23 Å². The van der Waals surface area contributed by atoms with E-state index < -0.39 is 37.9 Å². The fourth-order valence-electron chi connectivity index (χ4n) is 4.29. The van der Waals surface area contributed by atoms with Gasteiger partial charge in [-0.15, -0.1) is 0 Å². The zero-order valence-electron chi connectivity index (χ0n) is 18.1. The van der Waals surface area contributed by atoms with E-state index in [1.165, 1.54) is 10.8 Å². The molecular formula is C22H32Cl2OSi2Zr. The molecule has 1 atom stereocenters. The molecule has 0 aliphatic heterocycles. The Bertz CT molecular complexity index is 844. The molecule has 0 N–H and O–H groups in total. The maximum atomic E-state index is 6.65. The molecule has 0 heterocycles. The van der Waals surface area contributed by atoms with Gasteiger partial charge in [-0.05, 0) is 0 Å². The third-order valence-electron chi connectivity index (χ3n) is 5.12. The standard InChI is InChI=1S/C10H19OSi2.C9H7.C3H6.2ClH.Zr/c1-12(2,3)11-13(4,5)10-8-6-7-9-10;1-2-5-9-7-3-6-8(9)4-1;1-3-2;;;/h8-9H,6H2,1-5H3;1-7H;1-2H3;2*1H;/q;;;;;+2/p-2. The number of rotatable bonds is 5. The van der Waals surface area contributed by atoms with E-state index in [-0.39, 0.29) is 24.8 Å². The maximum Gasteiger partial charge on any atom is -1.00 e. The predicted molar refractivity (Wildman–Crippen MR) is 117 cm³/mol. The Balaban J connectivity index is 0.00000196. The van der Waals surface area contributed by atoms with Gasteiger partial charge in [-0.1, -0.05) is 0 Å². The molecule has 1 unspecified atom stereocenters. The Labute approximate surface area is 193 Å². The molecule has 0 saturated carbocycles. The van der Waals surface area contributed by atoms with Crippen LogP contribution in [0.15, 0.2) is 51.0 Å². The van der Waals surface area contributed by atoms with Crippen LogP contribution in [0.4, 0.5) is 0 Å². The summed E-state index contributed by atoms with van der Waals surface area (Å²) in [7, 11) is -3.30. The van der Waals surface area contributed by atoms with Crippen LogP contribution >= 0.6 is 0 Å². The average molecular weight is 531 g/mol. The molecule has 0 fully saturated rings. The van der Waals surface area contributed by atoms with Gasteiger partial charge in [0, 0.05) is 0 Å². The van der Waals surface area contributed by atoms with Crippen LogP contribution in [-0.4, -0.2) is 19.8 Å². The number of fused-ring (bicyclic) bond motifs is 1. The van der Waals surface area contributed by atoms with Crippen molar-refractivity contribution in [1.29, 1.82) is 0 Å². The Kier molecular flexibility index (Phi) is 9.34. The summed E-state index contributed by atoms with van der Waals surface area (Å²) in [5.74, 6) is 0. The molecule has 6 heteroatoms. The van der Waals surface area contributed by atoms with Crippen LogP contribution in [0.1, 0.15) is 35.0 Å². The van der Waals surface area contributed by atoms with Gasteiger partial charge < -0.3 is 24.8 Å². The molecule has 0 bridgehead atoms. The molecule has 3 rings (SSSR count). The molecule has 2 aliphatic carbocycles. The molecular weight excluding hydrogens is 499 g/mol. The fourth-order valence-corrected chi connectivity index (χ4v) is 20.1. The van der Waals surface area contributed by atoms with E-state index >= 15 is 0 Å². The van der Waals surface area contributed by atoms with Gasteiger partial charge in [-0.2, -0.15) is 0 Å². The van der Waals surface area contributed by atoms with Crippen LogP contribution in [0.3, 0.4) is 0 Å². The minimum Gasteiger partial charge on any atom is -1.00 e. The summed E-state index contributed by atoms with van der Waals surface area (Å²) in [4.78, 5) is 0. The van der Waals surface area contributed by atoms with Crippen molar-refractivity contribution in [1.82, 2.24) is 0 Å². The molecule has 0 amide bonds. The van der Waals surface area contributed by atoms with Gasteiger partial charge >= 0.3 is 170 Å².